The maximum absolute atomic E-state index is 5.97. The van der Waals surface area contributed by atoms with Crippen molar-refractivity contribution in [1.29, 1.82) is 0 Å². The van der Waals surface area contributed by atoms with Gasteiger partial charge in [0.05, 0.1) is 4.34 Å². The van der Waals surface area contributed by atoms with Crippen LogP contribution in [0.15, 0.2) is 45.8 Å². The molecule has 2 aromatic rings. The number of nitrogens with one attached hydrogen (secondary N) is 1. The summed E-state index contributed by atoms with van der Waals surface area (Å²) in [5, 5.41) is 3.38. The highest BCUT2D eigenvalue weighted by molar-refractivity contribution is 9.10. The molecule has 0 aliphatic rings. The van der Waals surface area contributed by atoms with E-state index in [-0.39, 0.29) is 0 Å². The summed E-state index contributed by atoms with van der Waals surface area (Å²) in [6, 6.07) is 13.0. The van der Waals surface area contributed by atoms with Crippen LogP contribution in [0.4, 0.5) is 0 Å². The van der Waals surface area contributed by atoms with Gasteiger partial charge in [0.15, 0.2) is 0 Å². The number of hydrogen-bond acceptors (Lipinski definition) is 3. The van der Waals surface area contributed by atoms with Crippen molar-refractivity contribution in [2.24, 2.45) is 0 Å². The fraction of sp³-hybridized carbons (Fsp3) is 0.286. The van der Waals surface area contributed by atoms with Crippen LogP contribution in [0.1, 0.15) is 4.88 Å². The minimum Gasteiger partial charge on any atom is -0.316 e. The van der Waals surface area contributed by atoms with Crippen molar-refractivity contribution in [2.45, 2.75) is 17.4 Å². The van der Waals surface area contributed by atoms with E-state index in [2.05, 4.69) is 45.5 Å². The fourth-order valence-electron chi connectivity index (χ4n) is 1.70. The van der Waals surface area contributed by atoms with Crippen molar-refractivity contribution in [3.8, 4) is 0 Å². The summed E-state index contributed by atoms with van der Waals surface area (Å²) in [5.41, 5.74) is 0. The molecule has 0 radical (unpaired) electrons. The van der Waals surface area contributed by atoms with Crippen molar-refractivity contribution >= 4 is 50.6 Å². The van der Waals surface area contributed by atoms with Gasteiger partial charge in [0.25, 0.3) is 0 Å². The minimum absolute atomic E-state index is 0.457. The molecule has 0 bridgehead atoms. The number of halogens is 2. The van der Waals surface area contributed by atoms with Gasteiger partial charge in [-0.15, -0.1) is 23.1 Å². The molecule has 1 N–H and O–H groups in total. The molecule has 0 saturated carbocycles. The first-order valence-corrected chi connectivity index (χ1v) is 8.94. The summed E-state index contributed by atoms with van der Waals surface area (Å²) in [7, 11) is 2.02. The van der Waals surface area contributed by atoms with Gasteiger partial charge in [-0.05, 0) is 43.8 Å². The molecule has 1 nitrogen and oxygen atoms in total. The Morgan fingerprint density at radius 3 is 2.84 bits per heavy atom. The second-order valence-electron chi connectivity index (χ2n) is 4.16. The number of likely N-dealkylation sites (N-methyl/N-ethyl adjacent to an activating group) is 1. The van der Waals surface area contributed by atoms with E-state index in [1.54, 1.807) is 11.3 Å². The van der Waals surface area contributed by atoms with Crippen LogP contribution in [-0.4, -0.2) is 18.8 Å². The quantitative estimate of drug-likeness (QED) is 0.705. The molecule has 2 rings (SSSR count). The number of hydrogen-bond donors (Lipinski definition) is 1. The van der Waals surface area contributed by atoms with E-state index >= 15 is 0 Å². The molecule has 1 aromatic carbocycles. The van der Waals surface area contributed by atoms with Crippen molar-refractivity contribution in [2.75, 3.05) is 12.8 Å². The SMILES string of the molecule is CNC(CSc1cccc(Br)c1)Cc1ccc(Cl)s1. The lowest BCUT2D eigenvalue weighted by Crippen LogP contribution is -2.29. The van der Waals surface area contributed by atoms with Crippen LogP contribution in [0, 0.1) is 0 Å². The van der Waals surface area contributed by atoms with E-state index in [4.69, 9.17) is 11.6 Å². The molecule has 1 atom stereocenters. The maximum Gasteiger partial charge on any atom is 0.0931 e. The van der Waals surface area contributed by atoms with Crippen LogP contribution in [0.25, 0.3) is 0 Å². The molecule has 1 heterocycles. The molecule has 5 heteroatoms. The van der Waals surface area contributed by atoms with Crippen LogP contribution in [0.5, 0.6) is 0 Å². The highest BCUT2D eigenvalue weighted by Crippen LogP contribution is 2.26. The molecule has 0 fully saturated rings. The standard InChI is InChI=1S/C14H15BrClNS2/c1-17-11(8-13-5-6-14(16)19-13)9-18-12-4-2-3-10(15)7-12/h2-7,11,17H,8-9H2,1H3. The summed E-state index contributed by atoms with van der Waals surface area (Å²) in [6.45, 7) is 0. The number of benzene rings is 1. The Hall–Kier alpha value is -0.0000000000000000278. The highest BCUT2D eigenvalue weighted by atomic mass is 79.9. The molecule has 102 valence electrons. The Morgan fingerprint density at radius 1 is 1.37 bits per heavy atom. The number of rotatable bonds is 6. The van der Waals surface area contributed by atoms with E-state index in [1.807, 2.05) is 30.9 Å². The topological polar surface area (TPSA) is 12.0 Å². The third kappa shape index (κ3) is 5.12. The van der Waals surface area contributed by atoms with Gasteiger partial charge in [-0.1, -0.05) is 33.6 Å². The van der Waals surface area contributed by atoms with Gasteiger partial charge >= 0.3 is 0 Å². The van der Waals surface area contributed by atoms with E-state index in [0.717, 1.165) is 21.0 Å². The van der Waals surface area contributed by atoms with Crippen molar-refractivity contribution in [3.63, 3.8) is 0 Å². The van der Waals surface area contributed by atoms with Gasteiger partial charge in [0.1, 0.15) is 0 Å². The predicted octanol–water partition coefficient (Wildman–Crippen LogP) is 5.09. The normalized spacial score (nSPS) is 12.6. The predicted molar refractivity (Wildman–Crippen MR) is 90.7 cm³/mol. The van der Waals surface area contributed by atoms with E-state index in [1.165, 1.54) is 9.77 Å². The average molecular weight is 377 g/mol. The summed E-state index contributed by atoms with van der Waals surface area (Å²) in [5.74, 6) is 1.04. The summed E-state index contributed by atoms with van der Waals surface area (Å²) < 4.78 is 1.99. The second kappa shape index (κ2) is 7.70. The molecule has 0 aliphatic carbocycles. The van der Waals surface area contributed by atoms with Crippen LogP contribution in [-0.2, 0) is 6.42 Å². The third-order valence-electron chi connectivity index (χ3n) is 2.73. The van der Waals surface area contributed by atoms with Gasteiger partial charge in [-0.25, -0.2) is 0 Å². The Morgan fingerprint density at radius 2 is 2.21 bits per heavy atom. The molecule has 0 spiro atoms. The van der Waals surface area contributed by atoms with Crippen LogP contribution < -0.4 is 5.32 Å². The first-order chi connectivity index (χ1) is 9.17. The molecule has 1 aromatic heterocycles. The first-order valence-electron chi connectivity index (χ1n) is 5.97. The fourth-order valence-corrected chi connectivity index (χ4v) is 4.48. The average Bonchev–Trinajstić information content (AvgIpc) is 2.80. The smallest absolute Gasteiger partial charge is 0.0931 e. The molecule has 0 amide bonds. The van der Waals surface area contributed by atoms with Gasteiger partial charge < -0.3 is 5.32 Å². The lowest BCUT2D eigenvalue weighted by molar-refractivity contribution is 0.622. The van der Waals surface area contributed by atoms with E-state index < -0.39 is 0 Å². The Kier molecular flexibility index (Phi) is 6.23. The van der Waals surface area contributed by atoms with Crippen molar-refractivity contribution in [1.82, 2.24) is 5.32 Å². The summed E-state index contributed by atoms with van der Waals surface area (Å²) in [6.07, 6.45) is 1.02. The minimum atomic E-state index is 0.457. The van der Waals surface area contributed by atoms with Gasteiger partial charge in [-0.3, -0.25) is 0 Å². The molecule has 1 unspecified atom stereocenters. The van der Waals surface area contributed by atoms with Crippen LogP contribution in [0.3, 0.4) is 0 Å². The molecular formula is C14H15BrClNS2. The number of thiophene rings is 1. The Labute approximate surface area is 135 Å². The summed E-state index contributed by atoms with van der Waals surface area (Å²) in [4.78, 5) is 2.62. The molecule has 0 saturated heterocycles. The zero-order chi connectivity index (χ0) is 13.7. The zero-order valence-electron chi connectivity index (χ0n) is 10.5. The largest absolute Gasteiger partial charge is 0.316 e. The summed E-state index contributed by atoms with van der Waals surface area (Å²) >= 11 is 13.0. The molecule has 0 aliphatic heterocycles. The van der Waals surface area contributed by atoms with Crippen LogP contribution >= 0.6 is 50.6 Å². The van der Waals surface area contributed by atoms with E-state index in [0.29, 0.717) is 6.04 Å². The van der Waals surface area contributed by atoms with Crippen molar-refractivity contribution < 1.29 is 0 Å². The first kappa shape index (κ1) is 15.4. The molecule has 19 heavy (non-hydrogen) atoms. The molecular weight excluding hydrogens is 362 g/mol. The van der Waals surface area contributed by atoms with Gasteiger partial charge in [-0.2, -0.15) is 0 Å². The maximum atomic E-state index is 5.97. The number of thioether (sulfide) groups is 1. The lowest BCUT2D eigenvalue weighted by Gasteiger charge is -2.14. The second-order valence-corrected chi connectivity index (χ2v) is 7.97. The Bertz CT molecular complexity index is 530. The highest BCUT2D eigenvalue weighted by Gasteiger charge is 2.10. The van der Waals surface area contributed by atoms with Gasteiger partial charge in [0.2, 0.25) is 0 Å². The van der Waals surface area contributed by atoms with Crippen LogP contribution in [0.2, 0.25) is 4.34 Å². The lowest BCUT2D eigenvalue weighted by atomic mass is 10.2. The van der Waals surface area contributed by atoms with Gasteiger partial charge in [0, 0.05) is 26.0 Å². The third-order valence-corrected chi connectivity index (χ3v) is 5.63. The van der Waals surface area contributed by atoms with E-state index in [9.17, 15) is 0 Å². The monoisotopic (exact) mass is 375 g/mol. The van der Waals surface area contributed by atoms with Crippen molar-refractivity contribution in [3.05, 3.63) is 50.1 Å². The Balaban J connectivity index is 1.89. The zero-order valence-corrected chi connectivity index (χ0v) is 14.5.